The van der Waals surface area contributed by atoms with Crippen LogP contribution in [0.25, 0.3) is 21.5 Å². The van der Waals surface area contributed by atoms with E-state index in [1.807, 2.05) is 30.3 Å². The predicted molar refractivity (Wildman–Crippen MR) is 130 cm³/mol. The fourth-order valence-corrected chi connectivity index (χ4v) is 2.62. The van der Waals surface area contributed by atoms with Gasteiger partial charge in [-0.05, 0) is 0 Å². The Morgan fingerprint density at radius 3 is 1.28 bits per heavy atom. The zero-order valence-corrected chi connectivity index (χ0v) is 20.2. The molecule has 0 nitrogen and oxygen atoms in total. The molecule has 2 radical (unpaired) electrons. The SMILES string of the molecule is Cl.Cl.[CH2-]c1ccccc1.[Si]=[Ti].c1ccc2[cH-]ccc2c1.c1ccc2[cH-]ccc2c1. The Bertz CT molecular complexity index is 912. The van der Waals surface area contributed by atoms with E-state index in [-0.39, 0.29) is 24.8 Å². The molecule has 0 atom stereocenters. The van der Waals surface area contributed by atoms with Crippen molar-refractivity contribution in [3.05, 3.63) is 128 Å². The van der Waals surface area contributed by atoms with Crippen LogP contribution >= 0.6 is 24.8 Å². The molecule has 0 spiro atoms. The van der Waals surface area contributed by atoms with E-state index in [4.69, 9.17) is 0 Å². The van der Waals surface area contributed by atoms with Crippen LogP contribution in [-0.4, -0.2) is 7.63 Å². The predicted octanol–water partition coefficient (Wildman–Crippen LogP) is 7.45. The Kier molecular flexibility index (Phi) is 15.1. The van der Waals surface area contributed by atoms with E-state index >= 15 is 0 Å². The second-order valence-corrected chi connectivity index (χ2v) is 5.79. The van der Waals surface area contributed by atoms with Gasteiger partial charge in [0.15, 0.2) is 0 Å². The molecule has 0 saturated heterocycles. The van der Waals surface area contributed by atoms with Crippen molar-refractivity contribution in [3.63, 3.8) is 0 Å². The van der Waals surface area contributed by atoms with E-state index in [1.165, 1.54) is 21.5 Å². The molecule has 4 heteroatoms. The summed E-state index contributed by atoms with van der Waals surface area (Å²) in [5.41, 5.74) is 1.07. The fraction of sp³-hybridized carbons (Fsp3) is 0. The van der Waals surface area contributed by atoms with E-state index in [0.717, 1.165) is 5.56 Å². The third-order valence-electron chi connectivity index (χ3n) is 3.94. The first-order valence-electron chi connectivity index (χ1n) is 8.66. The van der Waals surface area contributed by atoms with Gasteiger partial charge in [0, 0.05) is 0 Å². The van der Waals surface area contributed by atoms with Crippen molar-refractivity contribution in [2.24, 2.45) is 0 Å². The van der Waals surface area contributed by atoms with Gasteiger partial charge in [-0.3, -0.25) is 0 Å². The van der Waals surface area contributed by atoms with E-state index in [1.54, 1.807) is 19.2 Å². The molecule has 5 aromatic rings. The van der Waals surface area contributed by atoms with E-state index in [0.29, 0.717) is 0 Å². The Morgan fingerprint density at radius 2 is 0.931 bits per heavy atom. The quantitative estimate of drug-likeness (QED) is 0.163. The molecule has 0 fully saturated rings. The van der Waals surface area contributed by atoms with Crippen LogP contribution in [0.2, 0.25) is 0 Å². The van der Waals surface area contributed by atoms with Gasteiger partial charge in [-0.1, -0.05) is 18.2 Å². The van der Waals surface area contributed by atoms with Gasteiger partial charge in [0.2, 0.25) is 0 Å². The fourth-order valence-electron chi connectivity index (χ4n) is 2.62. The zero-order chi connectivity index (χ0) is 19.3. The average molecular weight is 470 g/mol. The monoisotopic (exact) mass is 469 g/mol. The molecule has 0 aliphatic rings. The van der Waals surface area contributed by atoms with Crippen LogP contribution in [0, 0.1) is 6.92 Å². The summed E-state index contributed by atoms with van der Waals surface area (Å²) in [7, 11) is 2.97. The van der Waals surface area contributed by atoms with Crippen molar-refractivity contribution in [2.75, 3.05) is 0 Å². The van der Waals surface area contributed by atoms with Crippen LogP contribution in [-0.2, 0) is 19.2 Å². The maximum absolute atomic E-state index is 3.72. The van der Waals surface area contributed by atoms with Gasteiger partial charge < -0.3 is 0 Å². The minimum Gasteiger partial charge on any atom is -0.168 e. The van der Waals surface area contributed by atoms with Crippen molar-refractivity contribution in [1.82, 2.24) is 0 Å². The average Bonchev–Trinajstić information content (AvgIpc) is 3.40. The van der Waals surface area contributed by atoms with E-state index in [2.05, 4.69) is 99.5 Å². The third kappa shape index (κ3) is 9.54. The van der Waals surface area contributed by atoms with Crippen LogP contribution in [0.15, 0.2) is 115 Å². The second kappa shape index (κ2) is 16.1. The van der Waals surface area contributed by atoms with Crippen LogP contribution in [0.5, 0.6) is 0 Å². The summed E-state index contributed by atoms with van der Waals surface area (Å²) in [4.78, 5) is 0. The third-order valence-corrected chi connectivity index (χ3v) is 3.94. The molecule has 5 aromatic carbocycles. The largest absolute Gasteiger partial charge is 0.168 e. The summed E-state index contributed by atoms with van der Waals surface area (Å²) in [6.45, 7) is 3.72. The van der Waals surface area contributed by atoms with Crippen LogP contribution < -0.4 is 0 Å². The Labute approximate surface area is 199 Å². The van der Waals surface area contributed by atoms with Crippen molar-refractivity contribution in [2.45, 2.75) is 0 Å². The maximum Gasteiger partial charge on any atom is -0.0809 e. The molecule has 0 unspecified atom stereocenters. The second-order valence-electron chi connectivity index (χ2n) is 5.79. The molecule has 0 aliphatic heterocycles. The Morgan fingerprint density at radius 1 is 0.552 bits per heavy atom. The smallest absolute Gasteiger partial charge is 0.0809 e. The molecular formula is C25H23Cl2SiTi-3. The van der Waals surface area contributed by atoms with Gasteiger partial charge in [0.25, 0.3) is 0 Å². The van der Waals surface area contributed by atoms with E-state index < -0.39 is 0 Å². The molecular weight excluding hydrogens is 447 g/mol. The summed E-state index contributed by atoms with van der Waals surface area (Å²) in [5.74, 6) is 0. The standard InChI is InChI=1S/2C9H7.C7H7.2ClH.Si.Ti/c2*1-2-5-9-7-3-6-8(9)4-1;1-7-5-3-2-4-6-7;;;;/h2*1-7H;2-6H,1H2;2*1H;;/q3*-1;;;;. The van der Waals surface area contributed by atoms with Gasteiger partial charge >= 0.3 is 26.8 Å². The summed E-state index contributed by atoms with van der Waals surface area (Å²) < 4.78 is 0. The number of rotatable bonds is 0. The molecule has 148 valence electrons. The normalized spacial score (nSPS) is 8.52. The first-order chi connectivity index (χ1) is 13.3. The van der Waals surface area contributed by atoms with Crippen molar-refractivity contribution in [3.8, 4) is 0 Å². The van der Waals surface area contributed by atoms with Gasteiger partial charge in [-0.2, -0.15) is 59.7 Å². The van der Waals surface area contributed by atoms with Crippen molar-refractivity contribution in [1.29, 1.82) is 0 Å². The molecule has 5 rings (SSSR count). The summed E-state index contributed by atoms with van der Waals surface area (Å²) >= 11 is 1.81. The van der Waals surface area contributed by atoms with Crippen molar-refractivity contribution < 1.29 is 19.2 Å². The zero-order valence-electron chi connectivity index (χ0n) is 16.0. The summed E-state index contributed by atoms with van der Waals surface area (Å²) in [5, 5.41) is 5.32. The first kappa shape index (κ1) is 27.3. The van der Waals surface area contributed by atoms with Gasteiger partial charge in [-0.25, -0.2) is 0 Å². The molecule has 0 aliphatic carbocycles. The molecule has 0 aromatic heterocycles. The van der Waals surface area contributed by atoms with Gasteiger partial charge in [0.05, 0.1) is 0 Å². The first-order valence-corrected chi connectivity index (χ1v) is 11.5. The van der Waals surface area contributed by atoms with Gasteiger partial charge in [0.1, 0.15) is 0 Å². The minimum atomic E-state index is 0. The van der Waals surface area contributed by atoms with Gasteiger partial charge in [-0.15, -0.1) is 96.3 Å². The summed E-state index contributed by atoms with van der Waals surface area (Å²) in [6, 6.07) is 39.2. The molecule has 0 heterocycles. The number of hydrogen-bond acceptors (Lipinski definition) is 0. The molecule has 0 N–H and O–H groups in total. The molecule has 29 heavy (non-hydrogen) atoms. The maximum atomic E-state index is 3.72. The van der Waals surface area contributed by atoms with Crippen LogP contribution in [0.4, 0.5) is 0 Å². The molecule has 0 amide bonds. The van der Waals surface area contributed by atoms with Crippen LogP contribution in [0.1, 0.15) is 5.56 Å². The number of halogens is 2. The Balaban J connectivity index is 0.000000379. The molecule has 0 bridgehead atoms. The number of hydrogen-bond donors (Lipinski definition) is 0. The van der Waals surface area contributed by atoms with Crippen molar-refractivity contribution >= 4 is 54.0 Å². The van der Waals surface area contributed by atoms with E-state index in [9.17, 15) is 0 Å². The topological polar surface area (TPSA) is 0 Å². The number of benzene rings is 3. The Hall–Kier alpha value is -1.74. The summed E-state index contributed by atoms with van der Waals surface area (Å²) in [6.07, 6.45) is 0. The van der Waals surface area contributed by atoms with Crippen LogP contribution in [0.3, 0.4) is 0 Å². The minimum absolute atomic E-state index is 0. The number of fused-ring (bicyclic) bond motifs is 2. The molecule has 0 saturated carbocycles.